The fourth-order valence-electron chi connectivity index (χ4n) is 1.90. The van der Waals surface area contributed by atoms with Crippen LogP contribution in [0.25, 0.3) is 0 Å². The van der Waals surface area contributed by atoms with Crippen LogP contribution in [0.15, 0.2) is 34.0 Å². The van der Waals surface area contributed by atoms with E-state index in [1.165, 1.54) is 0 Å². The minimum atomic E-state index is -0.208. The van der Waals surface area contributed by atoms with Crippen molar-refractivity contribution >= 4 is 17.3 Å². The minimum absolute atomic E-state index is 0.208. The molecule has 3 aliphatic rings. The third kappa shape index (κ3) is 1.92. The lowest BCUT2D eigenvalue weighted by atomic mass is 10.1. The Labute approximate surface area is 98.3 Å². The van der Waals surface area contributed by atoms with E-state index in [0.717, 1.165) is 11.3 Å². The van der Waals surface area contributed by atoms with Crippen LogP contribution in [0, 0.1) is 0 Å². The molecule has 0 unspecified atom stereocenters. The van der Waals surface area contributed by atoms with Crippen LogP contribution >= 0.6 is 0 Å². The lowest BCUT2D eigenvalue weighted by molar-refractivity contribution is -0.121. The summed E-state index contributed by atoms with van der Waals surface area (Å²) < 4.78 is 5.21. The second-order valence-electron chi connectivity index (χ2n) is 3.91. The van der Waals surface area contributed by atoms with Gasteiger partial charge in [-0.05, 0) is 6.08 Å². The highest BCUT2D eigenvalue weighted by molar-refractivity contribution is 6.54. The molecule has 6 nitrogen and oxygen atoms in total. The van der Waals surface area contributed by atoms with E-state index in [0.29, 0.717) is 32.0 Å². The molecule has 1 amide bonds. The predicted octanol–water partition coefficient (Wildman–Crippen LogP) is -0.343. The Bertz CT molecular complexity index is 470. The molecule has 0 aromatic heterocycles. The van der Waals surface area contributed by atoms with Crippen molar-refractivity contribution in [3.8, 4) is 0 Å². The molecule has 0 bridgehead atoms. The van der Waals surface area contributed by atoms with E-state index < -0.39 is 0 Å². The van der Waals surface area contributed by atoms with Gasteiger partial charge in [-0.15, -0.1) is 10.2 Å². The summed E-state index contributed by atoms with van der Waals surface area (Å²) >= 11 is 0. The van der Waals surface area contributed by atoms with Crippen molar-refractivity contribution in [1.29, 1.82) is 0 Å². The predicted molar refractivity (Wildman–Crippen MR) is 62.6 cm³/mol. The molecule has 1 aliphatic carbocycles. The van der Waals surface area contributed by atoms with E-state index in [1.807, 2.05) is 23.2 Å². The SMILES string of the molecule is O=C(NN1CCOCC1)C1=NN=C2C=CC=C21. The molecular formula is C11H12N4O2. The lowest BCUT2D eigenvalue weighted by Gasteiger charge is -2.26. The number of nitrogens with one attached hydrogen (secondary N) is 1. The van der Waals surface area contributed by atoms with Crippen molar-refractivity contribution in [2.24, 2.45) is 10.2 Å². The molecule has 0 saturated carbocycles. The second-order valence-corrected chi connectivity index (χ2v) is 3.91. The van der Waals surface area contributed by atoms with Crippen molar-refractivity contribution in [2.45, 2.75) is 0 Å². The molecule has 88 valence electrons. The lowest BCUT2D eigenvalue weighted by Crippen LogP contribution is -2.50. The number of hydrogen-bond donors (Lipinski definition) is 1. The number of fused-ring (bicyclic) bond motifs is 1. The van der Waals surface area contributed by atoms with Gasteiger partial charge < -0.3 is 4.74 Å². The average Bonchev–Trinajstić information content (AvgIpc) is 2.91. The van der Waals surface area contributed by atoms with Gasteiger partial charge >= 0.3 is 0 Å². The highest BCUT2D eigenvalue weighted by Gasteiger charge is 2.27. The molecule has 2 aliphatic heterocycles. The zero-order valence-corrected chi connectivity index (χ0v) is 9.22. The number of morpholine rings is 1. The number of ether oxygens (including phenoxy) is 1. The molecular weight excluding hydrogens is 220 g/mol. The number of hydrogen-bond acceptors (Lipinski definition) is 5. The Hall–Kier alpha value is -1.79. The molecule has 3 rings (SSSR count). The number of carbonyl (C=O) groups excluding carboxylic acids is 1. The first-order valence-corrected chi connectivity index (χ1v) is 5.53. The molecule has 0 radical (unpaired) electrons. The van der Waals surface area contributed by atoms with Gasteiger partial charge in [-0.25, -0.2) is 5.01 Å². The summed E-state index contributed by atoms with van der Waals surface area (Å²) in [4.78, 5) is 12.0. The molecule has 2 heterocycles. The third-order valence-corrected chi connectivity index (χ3v) is 2.79. The molecule has 17 heavy (non-hydrogen) atoms. The molecule has 0 aromatic carbocycles. The number of allylic oxidation sites excluding steroid dienone is 3. The first kappa shape index (κ1) is 10.4. The van der Waals surface area contributed by atoms with Crippen molar-refractivity contribution in [3.05, 3.63) is 23.8 Å². The fraction of sp³-hybridized carbons (Fsp3) is 0.364. The van der Waals surface area contributed by atoms with Gasteiger partial charge in [0.2, 0.25) is 0 Å². The Morgan fingerprint density at radius 3 is 3.00 bits per heavy atom. The van der Waals surface area contributed by atoms with Crippen LogP contribution in [0.1, 0.15) is 0 Å². The van der Waals surface area contributed by atoms with Gasteiger partial charge in [0.1, 0.15) is 0 Å². The highest BCUT2D eigenvalue weighted by Crippen LogP contribution is 2.17. The Balaban J connectivity index is 1.64. The van der Waals surface area contributed by atoms with Crippen molar-refractivity contribution in [1.82, 2.24) is 10.4 Å². The Morgan fingerprint density at radius 2 is 2.18 bits per heavy atom. The maximum atomic E-state index is 12.0. The first-order chi connectivity index (χ1) is 8.34. The van der Waals surface area contributed by atoms with Gasteiger partial charge in [-0.3, -0.25) is 10.2 Å². The van der Waals surface area contributed by atoms with E-state index in [9.17, 15) is 4.79 Å². The van der Waals surface area contributed by atoms with Crippen LogP contribution in [-0.4, -0.2) is 48.6 Å². The molecule has 0 spiro atoms. The minimum Gasteiger partial charge on any atom is -0.379 e. The van der Waals surface area contributed by atoms with E-state index in [1.54, 1.807) is 0 Å². The summed E-state index contributed by atoms with van der Waals surface area (Å²) in [6.45, 7) is 2.67. The quantitative estimate of drug-likeness (QED) is 0.708. The molecule has 1 saturated heterocycles. The third-order valence-electron chi connectivity index (χ3n) is 2.79. The second kappa shape index (κ2) is 4.23. The van der Waals surface area contributed by atoms with Gasteiger partial charge in [-0.2, -0.15) is 0 Å². The summed E-state index contributed by atoms with van der Waals surface area (Å²) in [6.07, 6.45) is 5.56. The van der Waals surface area contributed by atoms with Crippen LogP contribution in [0.3, 0.4) is 0 Å². The average molecular weight is 232 g/mol. The van der Waals surface area contributed by atoms with Crippen LogP contribution in [0.4, 0.5) is 0 Å². The summed E-state index contributed by atoms with van der Waals surface area (Å²) in [5, 5.41) is 9.68. The smallest absolute Gasteiger partial charge is 0.286 e. The van der Waals surface area contributed by atoms with Crippen LogP contribution in [0.5, 0.6) is 0 Å². The van der Waals surface area contributed by atoms with E-state index >= 15 is 0 Å². The van der Waals surface area contributed by atoms with Crippen molar-refractivity contribution in [3.63, 3.8) is 0 Å². The standard InChI is InChI=1S/C11H12N4O2/c16-11(14-15-4-6-17-7-5-15)10-8-2-1-3-9(8)12-13-10/h1-3H,4-7H2,(H,14,16). The van der Waals surface area contributed by atoms with E-state index in [2.05, 4.69) is 15.6 Å². The summed E-state index contributed by atoms with van der Waals surface area (Å²) in [5.41, 5.74) is 4.76. The number of carbonyl (C=O) groups is 1. The maximum Gasteiger partial charge on any atom is 0.286 e. The van der Waals surface area contributed by atoms with E-state index in [-0.39, 0.29) is 5.91 Å². The number of nitrogens with zero attached hydrogens (tertiary/aromatic N) is 3. The molecule has 6 heteroatoms. The zero-order chi connectivity index (χ0) is 11.7. The highest BCUT2D eigenvalue weighted by atomic mass is 16.5. The molecule has 0 atom stereocenters. The number of amides is 1. The van der Waals surface area contributed by atoms with Gasteiger partial charge in [0.05, 0.1) is 18.9 Å². The fourth-order valence-corrected chi connectivity index (χ4v) is 1.90. The van der Waals surface area contributed by atoms with E-state index in [4.69, 9.17) is 4.74 Å². The topological polar surface area (TPSA) is 66.3 Å². The van der Waals surface area contributed by atoms with Gasteiger partial charge in [0, 0.05) is 18.7 Å². The van der Waals surface area contributed by atoms with Crippen LogP contribution in [0.2, 0.25) is 0 Å². The molecule has 0 aromatic rings. The van der Waals surface area contributed by atoms with Crippen LogP contribution < -0.4 is 5.43 Å². The maximum absolute atomic E-state index is 12.0. The Kier molecular flexibility index (Phi) is 2.58. The largest absolute Gasteiger partial charge is 0.379 e. The van der Waals surface area contributed by atoms with Crippen LogP contribution in [-0.2, 0) is 9.53 Å². The molecule has 1 N–H and O–H groups in total. The Morgan fingerprint density at radius 1 is 1.35 bits per heavy atom. The van der Waals surface area contributed by atoms with Gasteiger partial charge in [0.15, 0.2) is 5.71 Å². The monoisotopic (exact) mass is 232 g/mol. The normalized spacial score (nSPS) is 22.9. The molecule has 1 fully saturated rings. The van der Waals surface area contributed by atoms with Crippen molar-refractivity contribution < 1.29 is 9.53 Å². The van der Waals surface area contributed by atoms with Gasteiger partial charge in [0.25, 0.3) is 5.91 Å². The first-order valence-electron chi connectivity index (χ1n) is 5.53. The summed E-state index contributed by atoms with van der Waals surface area (Å²) in [7, 11) is 0. The summed E-state index contributed by atoms with van der Waals surface area (Å²) in [5.74, 6) is -0.208. The number of rotatable bonds is 2. The summed E-state index contributed by atoms with van der Waals surface area (Å²) in [6, 6.07) is 0. The van der Waals surface area contributed by atoms with Gasteiger partial charge in [-0.1, -0.05) is 12.2 Å². The zero-order valence-electron chi connectivity index (χ0n) is 9.22. The van der Waals surface area contributed by atoms with Crippen molar-refractivity contribution in [2.75, 3.05) is 26.3 Å². The number of hydrazine groups is 1.